The van der Waals surface area contributed by atoms with Crippen molar-refractivity contribution in [1.29, 1.82) is 0 Å². The summed E-state index contributed by atoms with van der Waals surface area (Å²) in [6, 6.07) is 6.81. The Hall–Kier alpha value is -1.75. The number of rotatable bonds is 3. The van der Waals surface area contributed by atoms with Crippen LogP contribution < -0.4 is 10.6 Å². The summed E-state index contributed by atoms with van der Waals surface area (Å²) < 4.78 is 5.86. The molecule has 0 spiro atoms. The second-order valence-corrected chi connectivity index (χ2v) is 5.48. The highest BCUT2D eigenvalue weighted by Gasteiger charge is 2.28. The number of nitrogen functional groups attached to an aromatic ring is 1. The predicted molar refractivity (Wildman–Crippen MR) is 77.3 cm³/mol. The van der Waals surface area contributed by atoms with Gasteiger partial charge in [0.05, 0.1) is 0 Å². The van der Waals surface area contributed by atoms with Crippen molar-refractivity contribution in [1.82, 2.24) is 9.88 Å². The third-order valence-electron chi connectivity index (χ3n) is 3.60. The number of likely N-dealkylation sites (N-methyl/N-ethyl adjacent to an activating group) is 1. The molecule has 19 heavy (non-hydrogen) atoms. The highest BCUT2D eigenvalue weighted by Crippen LogP contribution is 2.29. The summed E-state index contributed by atoms with van der Waals surface area (Å²) in [6.45, 7) is 2.04. The van der Waals surface area contributed by atoms with Gasteiger partial charge in [-0.05, 0) is 45.1 Å². The van der Waals surface area contributed by atoms with E-state index >= 15 is 0 Å². The summed E-state index contributed by atoms with van der Waals surface area (Å²) in [5, 5.41) is 0. The van der Waals surface area contributed by atoms with Crippen LogP contribution in [-0.4, -0.2) is 43.1 Å². The maximum Gasteiger partial charge on any atom is 0.298 e. The van der Waals surface area contributed by atoms with E-state index < -0.39 is 0 Å². The van der Waals surface area contributed by atoms with Gasteiger partial charge in [-0.1, -0.05) is 0 Å². The van der Waals surface area contributed by atoms with Gasteiger partial charge in [0.1, 0.15) is 5.52 Å². The fraction of sp³-hybridized carbons (Fsp3) is 0.500. The van der Waals surface area contributed by atoms with E-state index in [0.29, 0.717) is 6.04 Å². The number of hydrogen-bond donors (Lipinski definition) is 1. The average molecular weight is 260 g/mol. The van der Waals surface area contributed by atoms with Gasteiger partial charge < -0.3 is 20.0 Å². The van der Waals surface area contributed by atoms with E-state index in [1.54, 1.807) is 0 Å². The quantitative estimate of drug-likeness (QED) is 0.855. The first kappa shape index (κ1) is 12.3. The number of aromatic nitrogens is 1. The molecule has 3 rings (SSSR count). The number of fused-ring (bicyclic) bond motifs is 1. The molecular weight excluding hydrogens is 240 g/mol. The molecule has 0 amide bonds. The van der Waals surface area contributed by atoms with Crippen LogP contribution in [-0.2, 0) is 0 Å². The summed E-state index contributed by atoms with van der Waals surface area (Å²) in [4.78, 5) is 9.06. The van der Waals surface area contributed by atoms with Gasteiger partial charge in [0.15, 0.2) is 5.58 Å². The van der Waals surface area contributed by atoms with Crippen LogP contribution in [0.4, 0.5) is 11.7 Å². The minimum Gasteiger partial charge on any atom is -0.423 e. The van der Waals surface area contributed by atoms with E-state index in [2.05, 4.69) is 28.9 Å². The maximum atomic E-state index is 5.86. The summed E-state index contributed by atoms with van der Waals surface area (Å²) in [5.74, 6) is 0. The second-order valence-electron chi connectivity index (χ2n) is 5.48. The number of nitrogens with zero attached hydrogens (tertiary/aromatic N) is 3. The molecule has 1 fully saturated rings. The zero-order chi connectivity index (χ0) is 13.4. The summed E-state index contributed by atoms with van der Waals surface area (Å²) >= 11 is 0. The lowest BCUT2D eigenvalue weighted by molar-refractivity contribution is 0.366. The highest BCUT2D eigenvalue weighted by molar-refractivity contribution is 5.78. The van der Waals surface area contributed by atoms with Crippen LogP contribution in [0, 0.1) is 0 Å². The smallest absolute Gasteiger partial charge is 0.298 e. The highest BCUT2D eigenvalue weighted by atomic mass is 16.4. The van der Waals surface area contributed by atoms with E-state index in [0.717, 1.165) is 35.9 Å². The SMILES string of the molecule is CN(C)CC1CCCN1c1nc2cc(N)ccc2o1. The minimum absolute atomic E-state index is 0.486. The molecule has 2 aromatic rings. The van der Waals surface area contributed by atoms with Crippen LogP contribution in [0.25, 0.3) is 11.1 Å². The van der Waals surface area contributed by atoms with Gasteiger partial charge in [-0.3, -0.25) is 0 Å². The van der Waals surface area contributed by atoms with Crippen molar-refractivity contribution in [2.45, 2.75) is 18.9 Å². The standard InChI is InChI=1S/C14H20N4O/c1-17(2)9-11-4-3-7-18(11)14-16-12-8-10(15)5-6-13(12)19-14/h5-6,8,11H,3-4,7,9,15H2,1-2H3. The van der Waals surface area contributed by atoms with Gasteiger partial charge in [0, 0.05) is 24.8 Å². The van der Waals surface area contributed by atoms with Gasteiger partial charge in [0.25, 0.3) is 6.01 Å². The van der Waals surface area contributed by atoms with E-state index in [-0.39, 0.29) is 0 Å². The first-order valence-corrected chi connectivity index (χ1v) is 6.71. The van der Waals surface area contributed by atoms with Crippen LogP contribution in [0.1, 0.15) is 12.8 Å². The normalized spacial score (nSPS) is 19.7. The zero-order valence-electron chi connectivity index (χ0n) is 11.5. The fourth-order valence-corrected chi connectivity index (χ4v) is 2.75. The molecule has 5 nitrogen and oxygen atoms in total. The molecule has 1 aromatic heterocycles. The van der Waals surface area contributed by atoms with Crippen LogP contribution in [0.5, 0.6) is 0 Å². The molecular formula is C14H20N4O. The predicted octanol–water partition coefficient (Wildman–Crippen LogP) is 1.94. The molecule has 1 saturated heterocycles. The van der Waals surface area contributed by atoms with Crippen molar-refractivity contribution in [3.63, 3.8) is 0 Å². The van der Waals surface area contributed by atoms with Gasteiger partial charge in [0.2, 0.25) is 0 Å². The zero-order valence-corrected chi connectivity index (χ0v) is 11.5. The summed E-state index contributed by atoms with van der Waals surface area (Å²) in [5.41, 5.74) is 8.14. The fourth-order valence-electron chi connectivity index (χ4n) is 2.75. The second kappa shape index (κ2) is 4.74. The van der Waals surface area contributed by atoms with Crippen LogP contribution in [0.2, 0.25) is 0 Å². The van der Waals surface area contributed by atoms with Crippen LogP contribution in [0.3, 0.4) is 0 Å². The van der Waals surface area contributed by atoms with Crippen molar-refractivity contribution in [3.8, 4) is 0 Å². The molecule has 1 aliphatic heterocycles. The minimum atomic E-state index is 0.486. The topological polar surface area (TPSA) is 58.5 Å². The van der Waals surface area contributed by atoms with Crippen molar-refractivity contribution in [2.24, 2.45) is 0 Å². The lowest BCUT2D eigenvalue weighted by atomic mass is 10.2. The number of oxazole rings is 1. The Morgan fingerprint density at radius 1 is 1.47 bits per heavy atom. The van der Waals surface area contributed by atoms with Gasteiger partial charge >= 0.3 is 0 Å². The molecule has 2 N–H and O–H groups in total. The molecule has 0 radical (unpaired) electrons. The third-order valence-corrected chi connectivity index (χ3v) is 3.60. The van der Waals surface area contributed by atoms with Crippen LogP contribution >= 0.6 is 0 Å². The molecule has 0 bridgehead atoms. The lowest BCUT2D eigenvalue weighted by Gasteiger charge is -2.25. The Kier molecular flexibility index (Phi) is 3.06. The monoisotopic (exact) mass is 260 g/mol. The average Bonchev–Trinajstić information content (AvgIpc) is 2.93. The number of hydrogen-bond acceptors (Lipinski definition) is 5. The molecule has 1 aliphatic rings. The summed E-state index contributed by atoms with van der Waals surface area (Å²) in [7, 11) is 4.20. The van der Waals surface area contributed by atoms with Gasteiger partial charge in [-0.25, -0.2) is 0 Å². The summed E-state index contributed by atoms with van der Waals surface area (Å²) in [6.07, 6.45) is 2.39. The molecule has 0 aliphatic carbocycles. The first-order valence-electron chi connectivity index (χ1n) is 6.71. The number of anilines is 2. The van der Waals surface area contributed by atoms with Gasteiger partial charge in [-0.15, -0.1) is 0 Å². The van der Waals surface area contributed by atoms with Gasteiger partial charge in [-0.2, -0.15) is 4.98 Å². The van der Waals surface area contributed by atoms with E-state index in [4.69, 9.17) is 10.2 Å². The third kappa shape index (κ3) is 2.38. The molecule has 5 heteroatoms. The largest absolute Gasteiger partial charge is 0.423 e. The lowest BCUT2D eigenvalue weighted by Crippen LogP contribution is -2.37. The Morgan fingerprint density at radius 3 is 3.11 bits per heavy atom. The first-order chi connectivity index (χ1) is 9.13. The van der Waals surface area contributed by atoms with Crippen LogP contribution in [0.15, 0.2) is 22.6 Å². The van der Waals surface area contributed by atoms with Crippen molar-refractivity contribution >= 4 is 22.8 Å². The Bertz CT molecular complexity index is 578. The van der Waals surface area contributed by atoms with E-state index in [1.165, 1.54) is 12.8 Å². The molecule has 1 atom stereocenters. The Labute approximate surface area is 113 Å². The molecule has 0 saturated carbocycles. The molecule has 1 unspecified atom stereocenters. The Morgan fingerprint density at radius 2 is 2.32 bits per heavy atom. The van der Waals surface area contributed by atoms with E-state index in [9.17, 15) is 0 Å². The molecule has 1 aromatic carbocycles. The Balaban J connectivity index is 1.90. The molecule has 2 heterocycles. The maximum absolute atomic E-state index is 5.86. The number of benzene rings is 1. The van der Waals surface area contributed by atoms with Crippen molar-refractivity contribution in [3.05, 3.63) is 18.2 Å². The molecule has 102 valence electrons. The van der Waals surface area contributed by atoms with Crippen molar-refractivity contribution in [2.75, 3.05) is 37.8 Å². The number of nitrogens with two attached hydrogens (primary N) is 1. The van der Waals surface area contributed by atoms with Crippen molar-refractivity contribution < 1.29 is 4.42 Å². The van der Waals surface area contributed by atoms with E-state index in [1.807, 2.05) is 18.2 Å².